The zero-order chi connectivity index (χ0) is 14.8. The van der Waals surface area contributed by atoms with Gasteiger partial charge in [-0.15, -0.1) is 11.6 Å². The minimum Gasteiger partial charge on any atom is -0.266 e. The molecule has 0 atom stereocenters. The van der Waals surface area contributed by atoms with E-state index in [-0.39, 0.29) is 17.5 Å². The van der Waals surface area contributed by atoms with Gasteiger partial charge in [0.2, 0.25) is 0 Å². The molecule has 0 amide bonds. The van der Waals surface area contributed by atoms with Gasteiger partial charge in [0.15, 0.2) is 5.03 Å². The molecule has 0 fully saturated rings. The van der Waals surface area contributed by atoms with Crippen molar-refractivity contribution in [3.8, 4) is 0 Å². The van der Waals surface area contributed by atoms with Crippen LogP contribution in [0.2, 0.25) is 0 Å². The Labute approximate surface area is 131 Å². The Morgan fingerprint density at radius 3 is 2.70 bits per heavy atom. The van der Waals surface area contributed by atoms with E-state index in [4.69, 9.17) is 11.6 Å². The summed E-state index contributed by atoms with van der Waals surface area (Å²) in [6, 6.07) is 7.48. The summed E-state index contributed by atoms with van der Waals surface area (Å²) in [5.41, 5.74) is 1.34. The van der Waals surface area contributed by atoms with Crippen molar-refractivity contribution in [1.29, 1.82) is 0 Å². The topological polar surface area (TPSA) is 66.1 Å². The second-order valence-electron chi connectivity index (χ2n) is 4.21. The SMILES string of the molecule is CN(Cc1ccccc1Br)S(=O)(=O)c1[nH]ncc1CCl. The van der Waals surface area contributed by atoms with E-state index in [1.807, 2.05) is 24.3 Å². The summed E-state index contributed by atoms with van der Waals surface area (Å²) in [6.07, 6.45) is 1.42. The molecular formula is C12H13BrClN3O2S. The lowest BCUT2D eigenvalue weighted by atomic mass is 10.2. The molecule has 1 aromatic carbocycles. The normalized spacial score (nSPS) is 12.0. The van der Waals surface area contributed by atoms with Gasteiger partial charge in [-0.05, 0) is 11.6 Å². The molecule has 5 nitrogen and oxygen atoms in total. The molecule has 0 bridgehead atoms. The summed E-state index contributed by atoms with van der Waals surface area (Å²) in [7, 11) is -2.12. The van der Waals surface area contributed by atoms with Crippen LogP contribution in [0.25, 0.3) is 0 Å². The average Bonchev–Trinajstić information content (AvgIpc) is 2.90. The lowest BCUT2D eigenvalue weighted by Crippen LogP contribution is -2.27. The maximum atomic E-state index is 12.5. The van der Waals surface area contributed by atoms with Crippen LogP contribution in [0.4, 0.5) is 0 Å². The predicted octanol–water partition coefficient (Wildman–Crippen LogP) is 2.73. The number of nitrogens with one attached hydrogen (secondary N) is 1. The van der Waals surface area contributed by atoms with Crippen LogP contribution in [0.3, 0.4) is 0 Å². The largest absolute Gasteiger partial charge is 0.266 e. The van der Waals surface area contributed by atoms with E-state index >= 15 is 0 Å². The third-order valence-corrected chi connectivity index (χ3v) is 5.72. The molecule has 0 saturated heterocycles. The number of H-pyrrole nitrogens is 1. The van der Waals surface area contributed by atoms with Crippen LogP contribution in [-0.2, 0) is 22.4 Å². The van der Waals surface area contributed by atoms with E-state index < -0.39 is 10.0 Å². The standard InChI is InChI=1S/C12H13BrClN3O2S/c1-17(8-9-4-2-3-5-11(9)13)20(18,19)12-10(6-14)7-15-16-12/h2-5,7H,6,8H2,1H3,(H,15,16). The highest BCUT2D eigenvalue weighted by molar-refractivity contribution is 9.10. The van der Waals surface area contributed by atoms with E-state index in [0.717, 1.165) is 10.0 Å². The van der Waals surface area contributed by atoms with Gasteiger partial charge in [0, 0.05) is 23.6 Å². The van der Waals surface area contributed by atoms with Crippen molar-refractivity contribution in [1.82, 2.24) is 14.5 Å². The van der Waals surface area contributed by atoms with Crippen molar-refractivity contribution in [2.24, 2.45) is 0 Å². The zero-order valence-corrected chi connectivity index (χ0v) is 13.8. The Hall–Kier alpha value is -0.890. The molecule has 0 aliphatic rings. The fraction of sp³-hybridized carbons (Fsp3) is 0.250. The van der Waals surface area contributed by atoms with Crippen LogP contribution in [0, 0.1) is 0 Å². The van der Waals surface area contributed by atoms with E-state index in [0.29, 0.717) is 5.56 Å². The molecular weight excluding hydrogens is 366 g/mol. The Balaban J connectivity index is 2.29. The number of halogens is 2. The Morgan fingerprint density at radius 2 is 2.05 bits per heavy atom. The van der Waals surface area contributed by atoms with Gasteiger partial charge in [0.25, 0.3) is 10.0 Å². The molecule has 8 heteroatoms. The van der Waals surface area contributed by atoms with Gasteiger partial charge in [-0.2, -0.15) is 9.40 Å². The lowest BCUT2D eigenvalue weighted by molar-refractivity contribution is 0.462. The summed E-state index contributed by atoms with van der Waals surface area (Å²) < 4.78 is 27.1. The highest BCUT2D eigenvalue weighted by Gasteiger charge is 2.26. The molecule has 0 aliphatic carbocycles. The number of nitrogens with zero attached hydrogens (tertiary/aromatic N) is 2. The Kier molecular flexibility index (Phi) is 4.85. The second-order valence-corrected chi connectivity index (χ2v) is 7.31. The molecule has 2 aromatic rings. The zero-order valence-electron chi connectivity index (χ0n) is 10.7. The first kappa shape index (κ1) is 15.5. The number of aromatic amines is 1. The first-order chi connectivity index (χ1) is 9.46. The molecule has 20 heavy (non-hydrogen) atoms. The van der Waals surface area contributed by atoms with E-state index in [1.54, 1.807) is 0 Å². The van der Waals surface area contributed by atoms with Crippen LogP contribution >= 0.6 is 27.5 Å². The Morgan fingerprint density at radius 1 is 1.35 bits per heavy atom. The second kappa shape index (κ2) is 6.26. The molecule has 0 aliphatic heterocycles. The van der Waals surface area contributed by atoms with E-state index in [1.165, 1.54) is 17.5 Å². The highest BCUT2D eigenvalue weighted by atomic mass is 79.9. The summed E-state index contributed by atoms with van der Waals surface area (Å²) in [5, 5.41) is 6.29. The van der Waals surface area contributed by atoms with E-state index in [9.17, 15) is 8.42 Å². The maximum Gasteiger partial charge on any atom is 0.260 e. The number of aromatic nitrogens is 2. The number of alkyl halides is 1. The number of rotatable bonds is 5. The third kappa shape index (κ3) is 3.06. The van der Waals surface area contributed by atoms with Gasteiger partial charge >= 0.3 is 0 Å². The summed E-state index contributed by atoms with van der Waals surface area (Å²) in [6.45, 7) is 0.254. The fourth-order valence-corrected chi connectivity index (χ4v) is 3.66. The highest BCUT2D eigenvalue weighted by Crippen LogP contribution is 2.22. The molecule has 1 aromatic heterocycles. The molecule has 108 valence electrons. The number of sulfonamides is 1. The number of hydrogen-bond acceptors (Lipinski definition) is 3. The van der Waals surface area contributed by atoms with Crippen molar-refractivity contribution in [3.63, 3.8) is 0 Å². The first-order valence-corrected chi connectivity index (χ1v) is 8.51. The quantitative estimate of drug-likeness (QED) is 0.814. The van der Waals surface area contributed by atoms with Gasteiger partial charge in [-0.1, -0.05) is 34.1 Å². The van der Waals surface area contributed by atoms with Gasteiger partial charge < -0.3 is 0 Å². The van der Waals surface area contributed by atoms with Crippen LogP contribution in [0.1, 0.15) is 11.1 Å². The van der Waals surface area contributed by atoms with Gasteiger partial charge in [0.1, 0.15) is 0 Å². The van der Waals surface area contributed by atoms with Crippen LogP contribution in [0.15, 0.2) is 40.0 Å². The molecule has 0 saturated carbocycles. The lowest BCUT2D eigenvalue weighted by Gasteiger charge is -2.17. The fourth-order valence-electron chi connectivity index (χ4n) is 1.73. The maximum absolute atomic E-state index is 12.5. The molecule has 0 radical (unpaired) electrons. The summed E-state index contributed by atoms with van der Waals surface area (Å²) in [4.78, 5) is 0. The molecule has 1 N–H and O–H groups in total. The monoisotopic (exact) mass is 377 g/mol. The molecule has 0 unspecified atom stereocenters. The summed E-state index contributed by atoms with van der Waals surface area (Å²) >= 11 is 9.12. The molecule has 2 rings (SSSR count). The average molecular weight is 379 g/mol. The first-order valence-electron chi connectivity index (χ1n) is 5.74. The number of hydrogen-bond donors (Lipinski definition) is 1. The smallest absolute Gasteiger partial charge is 0.260 e. The van der Waals surface area contributed by atoms with Gasteiger partial charge in [-0.3, -0.25) is 5.10 Å². The van der Waals surface area contributed by atoms with Crippen LogP contribution in [0.5, 0.6) is 0 Å². The number of benzene rings is 1. The third-order valence-electron chi connectivity index (χ3n) is 2.84. The van der Waals surface area contributed by atoms with Crippen molar-refractivity contribution in [3.05, 3.63) is 46.1 Å². The van der Waals surface area contributed by atoms with Gasteiger partial charge in [0.05, 0.1) is 12.1 Å². The van der Waals surface area contributed by atoms with Crippen LogP contribution < -0.4 is 0 Å². The van der Waals surface area contributed by atoms with Gasteiger partial charge in [-0.25, -0.2) is 8.42 Å². The molecule has 0 spiro atoms. The van der Waals surface area contributed by atoms with Crippen LogP contribution in [-0.4, -0.2) is 30.0 Å². The molecule has 1 heterocycles. The predicted molar refractivity (Wildman–Crippen MR) is 80.9 cm³/mol. The van der Waals surface area contributed by atoms with E-state index in [2.05, 4.69) is 26.1 Å². The Bertz CT molecular complexity index is 702. The van der Waals surface area contributed by atoms with Crippen molar-refractivity contribution < 1.29 is 8.42 Å². The van der Waals surface area contributed by atoms with Crippen molar-refractivity contribution >= 4 is 37.6 Å². The minimum atomic E-state index is -3.64. The van der Waals surface area contributed by atoms with Crippen molar-refractivity contribution in [2.75, 3.05) is 7.05 Å². The minimum absolute atomic E-state index is 0.0436. The summed E-state index contributed by atoms with van der Waals surface area (Å²) in [5.74, 6) is 0.0912. The van der Waals surface area contributed by atoms with Crippen molar-refractivity contribution in [2.45, 2.75) is 17.5 Å².